The third kappa shape index (κ3) is 5.09. The molecule has 1 N–H and O–H groups in total. The number of para-hydroxylation sites is 1. The third-order valence-corrected chi connectivity index (χ3v) is 4.60. The highest BCUT2D eigenvalue weighted by Crippen LogP contribution is 2.21. The van der Waals surface area contributed by atoms with Gasteiger partial charge in [-0.3, -0.25) is 4.79 Å². The average molecular weight is 356 g/mol. The van der Waals surface area contributed by atoms with Crippen molar-refractivity contribution in [2.45, 2.75) is 19.8 Å². The van der Waals surface area contributed by atoms with E-state index in [1.807, 2.05) is 48.5 Å². The number of aromatic nitrogens is 1. The SMILES string of the molecule is COCc1cccc(CNC(=O)COCc2nc3ccccc3s2)c1. The van der Waals surface area contributed by atoms with Gasteiger partial charge in [-0.15, -0.1) is 11.3 Å². The number of thiazole rings is 1. The number of benzene rings is 2. The molecule has 0 aliphatic carbocycles. The zero-order chi connectivity index (χ0) is 17.5. The van der Waals surface area contributed by atoms with Crippen LogP contribution in [0.25, 0.3) is 10.2 Å². The Morgan fingerprint density at radius 3 is 2.80 bits per heavy atom. The van der Waals surface area contributed by atoms with Gasteiger partial charge >= 0.3 is 0 Å². The van der Waals surface area contributed by atoms with Crippen LogP contribution in [-0.4, -0.2) is 24.6 Å². The average Bonchev–Trinajstić information content (AvgIpc) is 3.03. The minimum atomic E-state index is -0.141. The number of hydrogen-bond acceptors (Lipinski definition) is 5. The second-order valence-corrected chi connectivity index (χ2v) is 6.71. The quantitative estimate of drug-likeness (QED) is 0.673. The van der Waals surface area contributed by atoms with Crippen LogP contribution in [0, 0.1) is 0 Å². The summed E-state index contributed by atoms with van der Waals surface area (Å²) < 4.78 is 11.7. The van der Waals surface area contributed by atoms with Gasteiger partial charge in [-0.25, -0.2) is 4.98 Å². The first-order chi connectivity index (χ1) is 12.2. The fourth-order valence-corrected chi connectivity index (χ4v) is 3.37. The summed E-state index contributed by atoms with van der Waals surface area (Å²) in [6, 6.07) is 15.9. The number of hydrogen-bond donors (Lipinski definition) is 1. The summed E-state index contributed by atoms with van der Waals surface area (Å²) in [6.45, 7) is 1.40. The van der Waals surface area contributed by atoms with Crippen molar-refractivity contribution in [3.8, 4) is 0 Å². The summed E-state index contributed by atoms with van der Waals surface area (Å²) in [5.74, 6) is -0.141. The van der Waals surface area contributed by atoms with Crippen LogP contribution in [0.4, 0.5) is 0 Å². The van der Waals surface area contributed by atoms with Crippen molar-refractivity contribution >= 4 is 27.5 Å². The zero-order valence-corrected chi connectivity index (χ0v) is 14.8. The van der Waals surface area contributed by atoms with Crippen LogP contribution in [0.5, 0.6) is 0 Å². The second kappa shape index (κ2) is 8.71. The van der Waals surface area contributed by atoms with Gasteiger partial charge in [0.1, 0.15) is 11.6 Å². The van der Waals surface area contributed by atoms with Crippen molar-refractivity contribution in [1.29, 1.82) is 0 Å². The van der Waals surface area contributed by atoms with Gasteiger partial charge in [0.15, 0.2) is 0 Å². The van der Waals surface area contributed by atoms with Crippen LogP contribution in [0.1, 0.15) is 16.1 Å². The van der Waals surface area contributed by atoms with Crippen molar-refractivity contribution in [2.24, 2.45) is 0 Å². The van der Waals surface area contributed by atoms with Gasteiger partial charge in [0.05, 0.1) is 23.4 Å². The largest absolute Gasteiger partial charge is 0.380 e. The van der Waals surface area contributed by atoms with E-state index in [1.165, 1.54) is 0 Å². The van der Waals surface area contributed by atoms with Crippen LogP contribution >= 0.6 is 11.3 Å². The van der Waals surface area contributed by atoms with Gasteiger partial charge in [-0.05, 0) is 23.3 Å². The monoisotopic (exact) mass is 356 g/mol. The smallest absolute Gasteiger partial charge is 0.246 e. The molecule has 5 nitrogen and oxygen atoms in total. The van der Waals surface area contributed by atoms with Crippen LogP contribution in [-0.2, 0) is 34.0 Å². The molecule has 0 saturated carbocycles. The molecule has 0 fully saturated rings. The van der Waals surface area contributed by atoms with Crippen LogP contribution in [0.15, 0.2) is 48.5 Å². The van der Waals surface area contributed by atoms with E-state index in [0.717, 1.165) is 26.4 Å². The first-order valence-corrected chi connectivity index (χ1v) is 8.82. The molecule has 3 aromatic rings. The molecule has 2 aromatic carbocycles. The lowest BCUT2D eigenvalue weighted by molar-refractivity contribution is -0.126. The van der Waals surface area contributed by atoms with Crippen LogP contribution < -0.4 is 5.32 Å². The number of nitrogens with zero attached hydrogens (tertiary/aromatic N) is 1. The van der Waals surface area contributed by atoms with Crippen molar-refractivity contribution in [1.82, 2.24) is 10.3 Å². The summed E-state index contributed by atoms with van der Waals surface area (Å²) in [5, 5.41) is 3.74. The Bertz CT molecular complexity index is 814. The maximum atomic E-state index is 11.9. The molecule has 0 saturated heterocycles. The predicted octanol–water partition coefficient (Wildman–Crippen LogP) is 3.28. The van der Waals surface area contributed by atoms with E-state index in [4.69, 9.17) is 9.47 Å². The predicted molar refractivity (Wildman–Crippen MR) is 98.3 cm³/mol. The van der Waals surface area contributed by atoms with Gasteiger partial charge in [-0.1, -0.05) is 36.4 Å². The number of nitrogens with one attached hydrogen (secondary N) is 1. The van der Waals surface area contributed by atoms with E-state index in [-0.39, 0.29) is 12.5 Å². The maximum Gasteiger partial charge on any atom is 0.246 e. The number of ether oxygens (including phenoxy) is 2. The van der Waals surface area contributed by atoms with E-state index in [1.54, 1.807) is 18.4 Å². The molecule has 1 amide bonds. The number of fused-ring (bicyclic) bond motifs is 1. The Hall–Kier alpha value is -2.28. The van der Waals surface area contributed by atoms with Crippen LogP contribution in [0.2, 0.25) is 0 Å². The van der Waals surface area contributed by atoms with Crippen molar-refractivity contribution < 1.29 is 14.3 Å². The second-order valence-electron chi connectivity index (χ2n) is 5.60. The molecule has 0 aliphatic heterocycles. The van der Waals surface area contributed by atoms with Gasteiger partial charge in [0, 0.05) is 13.7 Å². The molecular weight excluding hydrogens is 336 g/mol. The Morgan fingerprint density at radius 1 is 1.12 bits per heavy atom. The molecule has 1 aromatic heterocycles. The van der Waals surface area contributed by atoms with E-state index in [2.05, 4.69) is 10.3 Å². The Morgan fingerprint density at radius 2 is 1.96 bits per heavy atom. The van der Waals surface area contributed by atoms with E-state index >= 15 is 0 Å². The number of carbonyl (C=O) groups excluding carboxylic acids is 1. The lowest BCUT2D eigenvalue weighted by Crippen LogP contribution is -2.27. The summed E-state index contributed by atoms with van der Waals surface area (Å²) in [5.41, 5.74) is 3.09. The Kier molecular flexibility index (Phi) is 6.11. The summed E-state index contributed by atoms with van der Waals surface area (Å²) in [6.07, 6.45) is 0. The fraction of sp³-hybridized carbons (Fsp3) is 0.263. The zero-order valence-electron chi connectivity index (χ0n) is 14.0. The molecule has 0 radical (unpaired) electrons. The number of carbonyl (C=O) groups is 1. The summed E-state index contributed by atoms with van der Waals surface area (Å²) in [4.78, 5) is 16.4. The van der Waals surface area contributed by atoms with Crippen molar-refractivity contribution in [2.75, 3.05) is 13.7 Å². The van der Waals surface area contributed by atoms with Gasteiger partial charge in [0.2, 0.25) is 5.91 Å². The molecule has 0 spiro atoms. The Labute approximate surface area is 150 Å². The number of rotatable bonds is 8. The minimum absolute atomic E-state index is 0.0215. The van der Waals surface area contributed by atoms with Gasteiger partial charge in [0.25, 0.3) is 0 Å². The maximum absolute atomic E-state index is 11.9. The van der Waals surface area contributed by atoms with E-state index < -0.39 is 0 Å². The molecule has 1 heterocycles. The van der Waals surface area contributed by atoms with Gasteiger partial charge in [-0.2, -0.15) is 0 Å². The first kappa shape index (κ1) is 17.5. The topological polar surface area (TPSA) is 60.5 Å². The molecule has 25 heavy (non-hydrogen) atoms. The lowest BCUT2D eigenvalue weighted by Gasteiger charge is -2.07. The highest BCUT2D eigenvalue weighted by molar-refractivity contribution is 7.18. The molecule has 130 valence electrons. The number of methoxy groups -OCH3 is 1. The van der Waals surface area contributed by atoms with Gasteiger partial charge < -0.3 is 14.8 Å². The standard InChI is InChI=1S/C19H20N2O3S/c1-23-11-15-6-4-5-14(9-15)10-20-18(22)12-24-13-19-21-16-7-2-3-8-17(16)25-19/h2-9H,10-13H2,1H3,(H,20,22). The van der Waals surface area contributed by atoms with Crippen LogP contribution in [0.3, 0.4) is 0 Å². The summed E-state index contributed by atoms with van der Waals surface area (Å²) in [7, 11) is 1.66. The molecular formula is C19H20N2O3S. The molecule has 3 rings (SSSR count). The molecule has 0 aliphatic rings. The molecule has 0 atom stereocenters. The van der Waals surface area contributed by atoms with E-state index in [0.29, 0.717) is 19.8 Å². The molecule has 0 bridgehead atoms. The number of amides is 1. The highest BCUT2D eigenvalue weighted by atomic mass is 32.1. The fourth-order valence-electron chi connectivity index (χ4n) is 2.46. The Balaban J connectivity index is 1.42. The van der Waals surface area contributed by atoms with E-state index in [9.17, 15) is 4.79 Å². The van der Waals surface area contributed by atoms with Crippen molar-refractivity contribution in [3.05, 3.63) is 64.7 Å². The molecule has 6 heteroatoms. The normalized spacial score (nSPS) is 10.9. The highest BCUT2D eigenvalue weighted by Gasteiger charge is 2.06. The van der Waals surface area contributed by atoms with Crippen molar-refractivity contribution in [3.63, 3.8) is 0 Å². The lowest BCUT2D eigenvalue weighted by atomic mass is 10.1. The first-order valence-electron chi connectivity index (χ1n) is 8.00. The summed E-state index contributed by atoms with van der Waals surface area (Å²) >= 11 is 1.59. The third-order valence-electron chi connectivity index (χ3n) is 3.59. The molecule has 0 unspecified atom stereocenters. The minimum Gasteiger partial charge on any atom is -0.380 e.